The topological polar surface area (TPSA) is 123 Å². The second-order valence-corrected chi connectivity index (χ2v) is 9.21. The molecule has 1 unspecified atom stereocenters. The van der Waals surface area contributed by atoms with Crippen molar-refractivity contribution >= 4 is 28.5 Å². The third-order valence-corrected chi connectivity index (χ3v) is 6.12. The van der Waals surface area contributed by atoms with E-state index >= 15 is 0 Å². The molecule has 2 aromatic heterocycles. The number of aliphatic hydroxyl groups excluding tert-OH is 1. The second-order valence-electron chi connectivity index (χ2n) is 9.21. The first-order valence-corrected chi connectivity index (χ1v) is 12.9. The number of methoxy groups -OCH3 is 1. The van der Waals surface area contributed by atoms with Crippen LogP contribution in [0.5, 0.6) is 5.75 Å². The van der Waals surface area contributed by atoms with Crippen LogP contribution in [-0.2, 0) is 22.6 Å². The largest absolute Gasteiger partial charge is 0.484 e. The number of pyridine rings is 2. The highest BCUT2D eigenvalue weighted by molar-refractivity contribution is 6.07. The van der Waals surface area contributed by atoms with E-state index in [1.54, 1.807) is 31.3 Å². The molecule has 0 saturated heterocycles. The van der Waals surface area contributed by atoms with Crippen LogP contribution in [0.4, 0.5) is 10.2 Å². The summed E-state index contributed by atoms with van der Waals surface area (Å²) in [5, 5.41) is 15.8. The molecule has 0 fully saturated rings. The maximum absolute atomic E-state index is 13.4. The predicted octanol–water partition coefficient (Wildman–Crippen LogP) is 4.02. The molecule has 0 aliphatic carbocycles. The summed E-state index contributed by atoms with van der Waals surface area (Å²) in [6.07, 6.45) is 1.82. The number of nitrogens with zero attached hydrogens (tertiary/aromatic N) is 2. The van der Waals surface area contributed by atoms with Gasteiger partial charge in [-0.05, 0) is 47.7 Å². The average Bonchev–Trinajstić information content (AvgIpc) is 2.96. The van der Waals surface area contributed by atoms with Gasteiger partial charge in [0.25, 0.3) is 11.8 Å². The van der Waals surface area contributed by atoms with E-state index in [-0.39, 0.29) is 42.8 Å². The Morgan fingerprint density at radius 1 is 1.05 bits per heavy atom. The number of ether oxygens (including phenoxy) is 2. The zero-order chi connectivity index (χ0) is 28.5. The standard InChI is InChI=1S/C30H31FN4O5/c1-3-23(36)16-33-30(38)27-28(40-17-20-7-5-4-6-8-20)26-24(29(35-27)34-25(37)18-39-2)14-21(15-32-26)13-19-9-11-22(31)12-10-19/h4-12,14-15,23,36H,3,13,16-18H2,1-2H3,(H,33,38)(H,34,35,37). The van der Waals surface area contributed by atoms with Crippen LogP contribution in [0.25, 0.3) is 10.9 Å². The minimum Gasteiger partial charge on any atom is -0.484 e. The van der Waals surface area contributed by atoms with E-state index in [0.717, 1.165) is 16.7 Å². The zero-order valence-electron chi connectivity index (χ0n) is 22.3. The Kier molecular flexibility index (Phi) is 9.71. The van der Waals surface area contributed by atoms with Gasteiger partial charge in [-0.2, -0.15) is 0 Å². The van der Waals surface area contributed by atoms with Crippen molar-refractivity contribution < 1.29 is 28.6 Å². The van der Waals surface area contributed by atoms with Crippen LogP contribution in [0, 0.1) is 5.82 Å². The number of anilines is 1. The Balaban J connectivity index is 1.81. The van der Waals surface area contributed by atoms with E-state index in [0.29, 0.717) is 23.7 Å². The molecule has 208 valence electrons. The molecule has 0 aliphatic heterocycles. The summed E-state index contributed by atoms with van der Waals surface area (Å²) in [7, 11) is 1.39. The lowest BCUT2D eigenvalue weighted by molar-refractivity contribution is -0.119. The van der Waals surface area contributed by atoms with Crippen LogP contribution >= 0.6 is 0 Å². The summed E-state index contributed by atoms with van der Waals surface area (Å²) in [6.45, 7) is 1.74. The lowest BCUT2D eigenvalue weighted by Crippen LogP contribution is -2.33. The highest BCUT2D eigenvalue weighted by atomic mass is 19.1. The van der Waals surface area contributed by atoms with Gasteiger partial charge in [0.2, 0.25) is 0 Å². The van der Waals surface area contributed by atoms with E-state index < -0.39 is 17.9 Å². The summed E-state index contributed by atoms with van der Waals surface area (Å²) >= 11 is 0. The van der Waals surface area contributed by atoms with Gasteiger partial charge >= 0.3 is 0 Å². The molecule has 9 nitrogen and oxygen atoms in total. The Bertz CT molecular complexity index is 1460. The molecular formula is C30H31FN4O5. The molecule has 40 heavy (non-hydrogen) atoms. The summed E-state index contributed by atoms with van der Waals surface area (Å²) < 4.78 is 24.5. The van der Waals surface area contributed by atoms with Crippen LogP contribution in [0.1, 0.15) is 40.5 Å². The Hall–Kier alpha value is -4.41. The van der Waals surface area contributed by atoms with Crippen molar-refractivity contribution in [1.82, 2.24) is 15.3 Å². The van der Waals surface area contributed by atoms with Gasteiger partial charge in [-0.3, -0.25) is 14.6 Å². The molecule has 0 saturated carbocycles. The summed E-state index contributed by atoms with van der Waals surface area (Å²) in [5.41, 5.74) is 2.75. The summed E-state index contributed by atoms with van der Waals surface area (Å²) in [5.74, 6) is -1.13. The number of aromatic nitrogens is 2. The molecule has 4 rings (SSSR count). The molecule has 0 spiro atoms. The number of carbonyl (C=O) groups is 2. The van der Waals surface area contributed by atoms with Crippen molar-refractivity contribution in [3.05, 3.63) is 95.1 Å². The normalized spacial score (nSPS) is 11.7. The van der Waals surface area contributed by atoms with Crippen LogP contribution in [0.3, 0.4) is 0 Å². The molecular weight excluding hydrogens is 515 g/mol. The third-order valence-electron chi connectivity index (χ3n) is 6.12. The van der Waals surface area contributed by atoms with Crippen LogP contribution in [0.2, 0.25) is 0 Å². The molecule has 1 atom stereocenters. The molecule has 0 aliphatic rings. The van der Waals surface area contributed by atoms with E-state index in [1.165, 1.54) is 19.2 Å². The quantitative estimate of drug-likeness (QED) is 0.245. The van der Waals surface area contributed by atoms with Gasteiger partial charge in [-0.25, -0.2) is 9.37 Å². The molecule has 4 aromatic rings. The number of rotatable bonds is 12. The van der Waals surface area contributed by atoms with Gasteiger partial charge in [0.05, 0.1) is 6.10 Å². The number of aliphatic hydroxyl groups is 1. The van der Waals surface area contributed by atoms with Crippen molar-refractivity contribution in [3.8, 4) is 5.75 Å². The van der Waals surface area contributed by atoms with Gasteiger partial charge in [-0.1, -0.05) is 49.4 Å². The number of hydrogen-bond donors (Lipinski definition) is 3. The Morgan fingerprint density at radius 2 is 1.80 bits per heavy atom. The first-order chi connectivity index (χ1) is 19.4. The smallest absolute Gasteiger partial charge is 0.274 e. The lowest BCUT2D eigenvalue weighted by atomic mass is 10.0. The summed E-state index contributed by atoms with van der Waals surface area (Å²) in [4.78, 5) is 34.9. The number of carbonyl (C=O) groups excluding carboxylic acids is 2. The summed E-state index contributed by atoms with van der Waals surface area (Å²) in [6, 6.07) is 17.4. The fraction of sp³-hybridized carbons (Fsp3) is 0.267. The average molecular weight is 547 g/mol. The number of hydrogen-bond acceptors (Lipinski definition) is 7. The molecule has 2 aromatic carbocycles. The lowest BCUT2D eigenvalue weighted by Gasteiger charge is -2.17. The monoisotopic (exact) mass is 546 g/mol. The van der Waals surface area contributed by atoms with Gasteiger partial charge in [0.1, 0.15) is 30.4 Å². The van der Waals surface area contributed by atoms with Crippen molar-refractivity contribution in [3.63, 3.8) is 0 Å². The van der Waals surface area contributed by atoms with Crippen LogP contribution in [-0.4, -0.2) is 53.3 Å². The molecule has 3 N–H and O–H groups in total. The Labute approximate surface area is 231 Å². The third kappa shape index (κ3) is 7.37. The first kappa shape index (κ1) is 28.6. The van der Waals surface area contributed by atoms with Crippen molar-refractivity contribution in [2.45, 2.75) is 32.5 Å². The van der Waals surface area contributed by atoms with Gasteiger partial charge < -0.3 is 25.2 Å². The fourth-order valence-electron chi connectivity index (χ4n) is 3.99. The number of amides is 2. The number of halogens is 1. The van der Waals surface area contributed by atoms with E-state index in [4.69, 9.17) is 9.47 Å². The molecule has 2 amide bonds. The van der Waals surface area contributed by atoms with Crippen molar-refractivity contribution in [1.29, 1.82) is 0 Å². The van der Waals surface area contributed by atoms with E-state index in [2.05, 4.69) is 20.6 Å². The number of benzene rings is 2. The van der Waals surface area contributed by atoms with Crippen LogP contribution in [0.15, 0.2) is 66.9 Å². The number of fused-ring (bicyclic) bond motifs is 1. The zero-order valence-corrected chi connectivity index (χ0v) is 22.3. The van der Waals surface area contributed by atoms with Crippen molar-refractivity contribution in [2.24, 2.45) is 0 Å². The second kappa shape index (κ2) is 13.6. The first-order valence-electron chi connectivity index (χ1n) is 12.9. The molecule has 0 radical (unpaired) electrons. The maximum atomic E-state index is 13.4. The predicted molar refractivity (Wildman–Crippen MR) is 149 cm³/mol. The van der Waals surface area contributed by atoms with Gasteiger partial charge in [0.15, 0.2) is 11.4 Å². The highest BCUT2D eigenvalue weighted by Gasteiger charge is 2.24. The molecule has 10 heteroatoms. The Morgan fingerprint density at radius 3 is 2.50 bits per heavy atom. The minimum absolute atomic E-state index is 0.0164. The van der Waals surface area contributed by atoms with Gasteiger partial charge in [-0.15, -0.1) is 0 Å². The maximum Gasteiger partial charge on any atom is 0.274 e. The molecule has 0 bridgehead atoms. The SMILES string of the molecule is CCC(O)CNC(=O)c1nc(NC(=O)COC)c2cc(Cc3ccc(F)cc3)cnc2c1OCc1ccccc1. The van der Waals surface area contributed by atoms with E-state index in [9.17, 15) is 19.1 Å². The fourth-order valence-corrected chi connectivity index (χ4v) is 3.99. The molecule has 2 heterocycles. The highest BCUT2D eigenvalue weighted by Crippen LogP contribution is 2.33. The minimum atomic E-state index is -0.730. The number of nitrogens with one attached hydrogen (secondary N) is 2. The van der Waals surface area contributed by atoms with E-state index in [1.807, 2.05) is 30.3 Å². The van der Waals surface area contributed by atoms with Gasteiger partial charge in [0, 0.05) is 25.2 Å². The van der Waals surface area contributed by atoms with Crippen LogP contribution < -0.4 is 15.4 Å². The van der Waals surface area contributed by atoms with Crippen molar-refractivity contribution in [2.75, 3.05) is 25.6 Å².